The normalized spacial score (nSPS) is 11.3. The van der Waals surface area contributed by atoms with Gasteiger partial charge in [0.15, 0.2) is 5.75 Å². The maximum absolute atomic E-state index is 11.8. The van der Waals surface area contributed by atoms with Gasteiger partial charge in [-0.2, -0.15) is 0 Å². The molecule has 0 atom stereocenters. The molecule has 0 saturated heterocycles. The fourth-order valence-corrected chi connectivity index (χ4v) is 2.89. The minimum atomic E-state index is -3.65. The van der Waals surface area contributed by atoms with Crippen molar-refractivity contribution in [1.82, 2.24) is 9.97 Å². The van der Waals surface area contributed by atoms with E-state index in [-0.39, 0.29) is 27.3 Å². The van der Waals surface area contributed by atoms with Crippen LogP contribution in [0.1, 0.15) is 12.6 Å². The highest BCUT2D eigenvalue weighted by Gasteiger charge is 2.22. The molecule has 0 radical (unpaired) electrons. The molecule has 0 aliphatic heterocycles. The van der Waals surface area contributed by atoms with Crippen molar-refractivity contribution >= 4 is 39.0 Å². The van der Waals surface area contributed by atoms with Crippen LogP contribution in [0.15, 0.2) is 23.4 Å². The van der Waals surface area contributed by atoms with Crippen molar-refractivity contribution in [2.24, 2.45) is 0 Å². The lowest BCUT2D eigenvalue weighted by Gasteiger charge is -2.13. The Morgan fingerprint density at radius 3 is 2.39 bits per heavy atom. The summed E-state index contributed by atoms with van der Waals surface area (Å²) in [5.74, 6) is -0.538. The molecule has 1 aromatic heterocycles. The summed E-state index contributed by atoms with van der Waals surface area (Å²) in [4.78, 5) is 19.2. The fraction of sp³-hybridized carbons (Fsp3) is 0.214. The number of rotatable bonds is 3. The summed E-state index contributed by atoms with van der Waals surface area (Å²) >= 11 is 12.0. The van der Waals surface area contributed by atoms with Crippen molar-refractivity contribution in [1.29, 1.82) is 0 Å². The van der Waals surface area contributed by atoms with Crippen LogP contribution in [0.3, 0.4) is 0 Å². The van der Waals surface area contributed by atoms with Crippen LogP contribution in [0.5, 0.6) is 5.75 Å². The molecule has 0 spiro atoms. The maximum Gasteiger partial charge on any atom is 0.308 e. The largest absolute Gasteiger partial charge is 0.422 e. The van der Waals surface area contributed by atoms with Crippen LogP contribution in [0.25, 0.3) is 11.3 Å². The molecule has 0 N–H and O–H groups in total. The highest BCUT2D eigenvalue weighted by Crippen LogP contribution is 2.36. The van der Waals surface area contributed by atoms with Gasteiger partial charge in [0.2, 0.25) is 15.0 Å². The molecule has 0 aliphatic carbocycles. The second-order valence-electron chi connectivity index (χ2n) is 4.76. The van der Waals surface area contributed by atoms with Crippen LogP contribution in [-0.4, -0.2) is 30.6 Å². The predicted octanol–water partition coefficient (Wildman–Crippen LogP) is 3.09. The van der Waals surface area contributed by atoms with E-state index in [0.29, 0.717) is 10.6 Å². The van der Waals surface area contributed by atoms with Crippen LogP contribution < -0.4 is 4.74 Å². The summed E-state index contributed by atoms with van der Waals surface area (Å²) in [6, 6.07) is 4.61. The van der Waals surface area contributed by atoms with Gasteiger partial charge in [-0.05, 0) is 25.1 Å². The molecule has 0 aliphatic rings. The van der Waals surface area contributed by atoms with E-state index >= 15 is 0 Å². The molecule has 0 fully saturated rings. The third-order valence-electron chi connectivity index (χ3n) is 2.78. The molecular formula is C14H12Cl2N2O4S. The summed E-state index contributed by atoms with van der Waals surface area (Å²) in [6.45, 7) is 2.74. The topological polar surface area (TPSA) is 86.2 Å². The first kappa shape index (κ1) is 17.7. The average molecular weight is 375 g/mol. The number of carbonyl (C=O) groups excluding carboxylic acids is 1. The molecule has 122 valence electrons. The standard InChI is InChI=1S/C14H12Cl2N2O4S/c1-7-13(22-8(2)19)12(18-14(17-7)23(3,20)21)10-5-4-9(15)6-11(10)16/h4-6H,1-3H3. The molecule has 0 bridgehead atoms. The summed E-state index contributed by atoms with van der Waals surface area (Å²) in [7, 11) is -3.65. The van der Waals surface area contributed by atoms with Crippen molar-refractivity contribution in [3.63, 3.8) is 0 Å². The average Bonchev–Trinajstić information content (AvgIpc) is 2.39. The summed E-state index contributed by atoms with van der Waals surface area (Å²) in [5, 5.41) is 0.261. The van der Waals surface area contributed by atoms with E-state index in [4.69, 9.17) is 27.9 Å². The van der Waals surface area contributed by atoms with Gasteiger partial charge in [0.05, 0.1) is 10.7 Å². The van der Waals surface area contributed by atoms with E-state index in [1.807, 2.05) is 0 Å². The second-order valence-corrected chi connectivity index (χ2v) is 7.51. The number of esters is 1. The quantitative estimate of drug-likeness (QED) is 0.605. The Morgan fingerprint density at radius 1 is 1.22 bits per heavy atom. The Labute approximate surface area is 143 Å². The van der Waals surface area contributed by atoms with Crippen molar-refractivity contribution < 1.29 is 17.9 Å². The molecule has 9 heteroatoms. The number of carbonyl (C=O) groups is 1. The highest BCUT2D eigenvalue weighted by molar-refractivity contribution is 7.90. The number of aromatic nitrogens is 2. The van der Waals surface area contributed by atoms with Gasteiger partial charge in [-0.1, -0.05) is 23.2 Å². The number of aryl methyl sites for hydroxylation is 1. The lowest BCUT2D eigenvalue weighted by Crippen LogP contribution is -2.11. The Balaban J connectivity index is 2.81. The zero-order valence-corrected chi connectivity index (χ0v) is 14.8. The van der Waals surface area contributed by atoms with E-state index in [9.17, 15) is 13.2 Å². The minimum Gasteiger partial charge on any atom is -0.422 e. The fourth-order valence-electron chi connectivity index (χ4n) is 1.83. The van der Waals surface area contributed by atoms with Gasteiger partial charge in [-0.25, -0.2) is 18.4 Å². The molecule has 1 heterocycles. The zero-order valence-electron chi connectivity index (χ0n) is 12.4. The number of halogens is 2. The van der Waals surface area contributed by atoms with Gasteiger partial charge < -0.3 is 4.74 Å². The summed E-state index contributed by atoms with van der Waals surface area (Å²) in [6.07, 6.45) is 0.987. The maximum atomic E-state index is 11.8. The Bertz CT molecular complexity index is 898. The first-order chi connectivity index (χ1) is 10.6. The van der Waals surface area contributed by atoms with Crippen LogP contribution in [0, 0.1) is 6.92 Å². The zero-order chi connectivity index (χ0) is 17.4. The smallest absolute Gasteiger partial charge is 0.308 e. The monoisotopic (exact) mass is 374 g/mol. The third kappa shape index (κ3) is 3.99. The van der Waals surface area contributed by atoms with E-state index in [2.05, 4.69) is 9.97 Å². The molecule has 2 aromatic rings. The Hall–Kier alpha value is -1.70. The van der Waals surface area contributed by atoms with E-state index < -0.39 is 15.8 Å². The van der Waals surface area contributed by atoms with Crippen molar-refractivity contribution in [2.75, 3.05) is 6.26 Å². The van der Waals surface area contributed by atoms with Crippen LogP contribution in [0.4, 0.5) is 0 Å². The number of hydrogen-bond donors (Lipinski definition) is 0. The van der Waals surface area contributed by atoms with Gasteiger partial charge in [-0.3, -0.25) is 4.79 Å². The molecule has 0 saturated carbocycles. The molecule has 0 unspecified atom stereocenters. The number of nitrogens with zero attached hydrogens (tertiary/aromatic N) is 2. The number of hydrogen-bond acceptors (Lipinski definition) is 6. The molecule has 0 amide bonds. The van der Waals surface area contributed by atoms with Gasteiger partial charge in [-0.15, -0.1) is 0 Å². The number of sulfone groups is 1. The molecule has 23 heavy (non-hydrogen) atoms. The van der Waals surface area contributed by atoms with Crippen LogP contribution in [0.2, 0.25) is 10.0 Å². The predicted molar refractivity (Wildman–Crippen MR) is 86.6 cm³/mol. The first-order valence-electron chi connectivity index (χ1n) is 6.32. The molecule has 6 nitrogen and oxygen atoms in total. The van der Waals surface area contributed by atoms with Gasteiger partial charge in [0.25, 0.3) is 0 Å². The lowest BCUT2D eigenvalue weighted by molar-refractivity contribution is -0.131. The van der Waals surface area contributed by atoms with E-state index in [0.717, 1.165) is 6.26 Å². The van der Waals surface area contributed by atoms with E-state index in [1.54, 1.807) is 12.1 Å². The highest BCUT2D eigenvalue weighted by atomic mass is 35.5. The molecular weight excluding hydrogens is 363 g/mol. The first-order valence-corrected chi connectivity index (χ1v) is 8.97. The third-order valence-corrected chi connectivity index (χ3v) is 4.17. The van der Waals surface area contributed by atoms with Gasteiger partial charge >= 0.3 is 5.97 Å². The van der Waals surface area contributed by atoms with Crippen LogP contribution in [-0.2, 0) is 14.6 Å². The van der Waals surface area contributed by atoms with Crippen molar-refractivity contribution in [3.05, 3.63) is 33.9 Å². The Kier molecular flexibility index (Phi) is 4.93. The molecule has 1 aromatic carbocycles. The van der Waals surface area contributed by atoms with Crippen molar-refractivity contribution in [2.45, 2.75) is 19.0 Å². The summed E-state index contributed by atoms with van der Waals surface area (Å²) in [5.41, 5.74) is 0.689. The SMILES string of the molecule is CC(=O)Oc1c(C)nc(S(C)(=O)=O)nc1-c1ccc(Cl)cc1Cl. The number of ether oxygens (including phenoxy) is 1. The van der Waals surface area contributed by atoms with Crippen molar-refractivity contribution in [3.8, 4) is 17.0 Å². The van der Waals surface area contributed by atoms with Gasteiger partial charge in [0, 0.05) is 23.8 Å². The van der Waals surface area contributed by atoms with Crippen LogP contribution >= 0.6 is 23.2 Å². The lowest BCUT2D eigenvalue weighted by atomic mass is 10.1. The van der Waals surface area contributed by atoms with E-state index in [1.165, 1.54) is 19.9 Å². The van der Waals surface area contributed by atoms with Gasteiger partial charge in [0.1, 0.15) is 5.69 Å². The number of benzene rings is 1. The minimum absolute atomic E-state index is 0.0501. The summed E-state index contributed by atoms with van der Waals surface area (Å²) < 4.78 is 28.6. The second kappa shape index (κ2) is 6.43. The molecule has 2 rings (SSSR count). The Morgan fingerprint density at radius 2 is 1.87 bits per heavy atom.